The Hall–Kier alpha value is -1.85. The monoisotopic (exact) mass is 210 g/mol. The minimum Gasteiger partial charge on any atom is -0.481 e. The smallest absolute Gasteiger partial charge is 0.239 e. The highest BCUT2D eigenvalue weighted by Crippen LogP contribution is 2.19. The van der Waals surface area contributed by atoms with Gasteiger partial charge in [-0.25, -0.2) is 9.97 Å². The summed E-state index contributed by atoms with van der Waals surface area (Å²) in [7, 11) is 1.52. The summed E-state index contributed by atoms with van der Waals surface area (Å²) in [5, 5.41) is 2.88. The fourth-order valence-electron chi connectivity index (χ4n) is 1.06. The zero-order valence-corrected chi connectivity index (χ0v) is 8.94. The number of carbonyl (C=O) groups excluding carboxylic acids is 1. The highest BCUT2D eigenvalue weighted by molar-refractivity contribution is 5.82. The maximum Gasteiger partial charge on any atom is 0.239 e. The Morgan fingerprint density at radius 2 is 2.27 bits per heavy atom. The summed E-state index contributed by atoms with van der Waals surface area (Å²) in [6.45, 7) is 3.46. The second-order valence-corrected chi connectivity index (χ2v) is 3.12. The molecule has 0 saturated carbocycles. The van der Waals surface area contributed by atoms with Crippen molar-refractivity contribution in [2.45, 2.75) is 19.9 Å². The third-order valence-electron chi connectivity index (χ3n) is 2.01. The summed E-state index contributed by atoms with van der Waals surface area (Å²) in [6, 6.07) is -0.483. The lowest BCUT2D eigenvalue weighted by Gasteiger charge is -2.13. The van der Waals surface area contributed by atoms with Gasteiger partial charge in [-0.1, -0.05) is 0 Å². The first-order valence-electron chi connectivity index (χ1n) is 4.47. The third kappa shape index (κ3) is 2.55. The molecular weight excluding hydrogens is 196 g/mol. The quantitative estimate of drug-likeness (QED) is 0.734. The molecule has 1 amide bonds. The molecule has 0 aromatic carbocycles. The highest BCUT2D eigenvalue weighted by Gasteiger charge is 2.12. The van der Waals surface area contributed by atoms with Gasteiger partial charge in [-0.2, -0.15) is 0 Å². The normalized spacial score (nSPS) is 11.9. The fourth-order valence-corrected chi connectivity index (χ4v) is 1.06. The van der Waals surface area contributed by atoms with Crippen LogP contribution in [0, 0.1) is 6.92 Å². The maximum atomic E-state index is 10.9. The van der Waals surface area contributed by atoms with Crippen LogP contribution in [0.25, 0.3) is 0 Å². The van der Waals surface area contributed by atoms with Crippen molar-refractivity contribution in [3.05, 3.63) is 11.9 Å². The van der Waals surface area contributed by atoms with E-state index in [4.69, 9.17) is 10.5 Å². The number of ether oxygens (including phenoxy) is 1. The molecular formula is C9H14N4O2. The molecule has 1 heterocycles. The molecule has 0 saturated heterocycles. The van der Waals surface area contributed by atoms with Crippen LogP contribution < -0.4 is 15.8 Å². The van der Waals surface area contributed by atoms with E-state index in [0.717, 1.165) is 5.56 Å². The molecule has 6 heteroatoms. The van der Waals surface area contributed by atoms with Crippen LogP contribution in [0.3, 0.4) is 0 Å². The topological polar surface area (TPSA) is 90.1 Å². The van der Waals surface area contributed by atoms with Gasteiger partial charge in [0.05, 0.1) is 12.7 Å². The molecule has 0 bridgehead atoms. The molecule has 0 spiro atoms. The summed E-state index contributed by atoms with van der Waals surface area (Å²) in [6.07, 6.45) is 1.36. The lowest BCUT2D eigenvalue weighted by atomic mass is 10.2. The maximum absolute atomic E-state index is 10.9. The molecule has 1 unspecified atom stereocenters. The van der Waals surface area contributed by atoms with Gasteiger partial charge in [-0.15, -0.1) is 0 Å². The lowest BCUT2D eigenvalue weighted by Crippen LogP contribution is -2.33. The average Bonchev–Trinajstić information content (AvgIpc) is 2.21. The summed E-state index contributed by atoms with van der Waals surface area (Å²) < 4.78 is 5.02. The van der Waals surface area contributed by atoms with Crippen LogP contribution in [0.5, 0.6) is 5.88 Å². The van der Waals surface area contributed by atoms with Gasteiger partial charge in [-0.3, -0.25) is 4.79 Å². The molecule has 1 atom stereocenters. The number of nitrogens with two attached hydrogens (primary N) is 1. The Morgan fingerprint density at radius 1 is 1.60 bits per heavy atom. The molecule has 1 rings (SSSR count). The largest absolute Gasteiger partial charge is 0.481 e. The van der Waals surface area contributed by atoms with Crippen LogP contribution in [-0.2, 0) is 4.79 Å². The first-order chi connectivity index (χ1) is 7.06. The van der Waals surface area contributed by atoms with Crippen molar-refractivity contribution in [1.29, 1.82) is 0 Å². The molecule has 3 N–H and O–H groups in total. The Kier molecular flexibility index (Phi) is 3.43. The fraction of sp³-hybridized carbons (Fsp3) is 0.444. The van der Waals surface area contributed by atoms with Crippen molar-refractivity contribution >= 4 is 11.7 Å². The number of amides is 1. The third-order valence-corrected chi connectivity index (χ3v) is 2.01. The summed E-state index contributed by atoms with van der Waals surface area (Å²) in [5.41, 5.74) is 5.87. The Morgan fingerprint density at radius 3 is 2.80 bits per heavy atom. The number of anilines is 1. The SMILES string of the molecule is COc1ncnc(NC(C)C(N)=O)c1C. The van der Waals surface area contributed by atoms with Gasteiger partial charge >= 0.3 is 0 Å². The standard InChI is InChI=1S/C9H14N4O2/c1-5-8(13-6(2)7(10)14)11-4-12-9(5)15-3/h4,6H,1-3H3,(H2,10,14)(H,11,12,13). The second kappa shape index (κ2) is 4.59. The molecule has 0 fully saturated rings. The van der Waals surface area contributed by atoms with Crippen molar-refractivity contribution in [3.63, 3.8) is 0 Å². The summed E-state index contributed by atoms with van der Waals surface area (Å²) >= 11 is 0. The first kappa shape index (κ1) is 11.2. The van der Waals surface area contributed by atoms with E-state index in [0.29, 0.717) is 11.7 Å². The van der Waals surface area contributed by atoms with Crippen molar-refractivity contribution in [1.82, 2.24) is 9.97 Å². The summed E-state index contributed by atoms with van der Waals surface area (Å²) in [4.78, 5) is 18.8. The van der Waals surface area contributed by atoms with E-state index in [9.17, 15) is 4.79 Å². The van der Waals surface area contributed by atoms with Gasteiger partial charge < -0.3 is 15.8 Å². The van der Waals surface area contributed by atoms with Crippen molar-refractivity contribution in [2.24, 2.45) is 5.73 Å². The van der Waals surface area contributed by atoms with E-state index in [-0.39, 0.29) is 0 Å². The lowest BCUT2D eigenvalue weighted by molar-refractivity contribution is -0.118. The van der Waals surface area contributed by atoms with E-state index >= 15 is 0 Å². The van der Waals surface area contributed by atoms with E-state index < -0.39 is 11.9 Å². The number of methoxy groups -OCH3 is 1. The minimum absolute atomic E-state index is 0.438. The van der Waals surface area contributed by atoms with Gasteiger partial charge in [0.25, 0.3) is 0 Å². The number of hydrogen-bond acceptors (Lipinski definition) is 5. The van der Waals surface area contributed by atoms with Gasteiger partial charge in [0.2, 0.25) is 11.8 Å². The van der Waals surface area contributed by atoms with E-state index in [1.54, 1.807) is 13.8 Å². The number of aromatic nitrogens is 2. The molecule has 1 aromatic rings. The zero-order chi connectivity index (χ0) is 11.4. The molecule has 0 aliphatic rings. The van der Waals surface area contributed by atoms with Crippen molar-refractivity contribution in [3.8, 4) is 5.88 Å². The number of rotatable bonds is 4. The molecule has 15 heavy (non-hydrogen) atoms. The van der Waals surface area contributed by atoms with E-state index in [2.05, 4.69) is 15.3 Å². The molecule has 0 aliphatic heterocycles. The van der Waals surface area contributed by atoms with Crippen LogP contribution in [0.2, 0.25) is 0 Å². The Labute approximate surface area is 87.9 Å². The number of hydrogen-bond donors (Lipinski definition) is 2. The Bertz CT molecular complexity index is 367. The van der Waals surface area contributed by atoms with E-state index in [1.807, 2.05) is 0 Å². The molecule has 6 nitrogen and oxygen atoms in total. The van der Waals surface area contributed by atoms with Gasteiger partial charge in [-0.05, 0) is 13.8 Å². The van der Waals surface area contributed by atoms with E-state index in [1.165, 1.54) is 13.4 Å². The number of primary amides is 1. The van der Waals surface area contributed by atoms with Crippen LogP contribution >= 0.6 is 0 Å². The number of nitrogens with one attached hydrogen (secondary N) is 1. The average molecular weight is 210 g/mol. The van der Waals surface area contributed by atoms with Gasteiger partial charge in [0.15, 0.2) is 0 Å². The predicted octanol–water partition coefficient (Wildman–Crippen LogP) is 0.0793. The second-order valence-electron chi connectivity index (χ2n) is 3.12. The number of carbonyl (C=O) groups is 1. The highest BCUT2D eigenvalue weighted by atomic mass is 16.5. The van der Waals surface area contributed by atoms with Crippen LogP contribution in [0.4, 0.5) is 5.82 Å². The molecule has 0 aliphatic carbocycles. The van der Waals surface area contributed by atoms with Crippen molar-refractivity contribution in [2.75, 3.05) is 12.4 Å². The predicted molar refractivity (Wildman–Crippen MR) is 55.6 cm³/mol. The molecule has 82 valence electrons. The van der Waals surface area contributed by atoms with Crippen LogP contribution in [0.1, 0.15) is 12.5 Å². The number of nitrogens with zero attached hydrogens (tertiary/aromatic N) is 2. The molecule has 1 aromatic heterocycles. The van der Waals surface area contributed by atoms with Crippen LogP contribution in [-0.4, -0.2) is 29.0 Å². The Balaban J connectivity index is 2.90. The van der Waals surface area contributed by atoms with Gasteiger partial charge in [0.1, 0.15) is 18.2 Å². The van der Waals surface area contributed by atoms with Crippen LogP contribution in [0.15, 0.2) is 6.33 Å². The molecule has 0 radical (unpaired) electrons. The first-order valence-corrected chi connectivity index (χ1v) is 4.47. The zero-order valence-electron chi connectivity index (χ0n) is 8.94. The summed E-state index contributed by atoms with van der Waals surface area (Å²) in [5.74, 6) is 0.587. The van der Waals surface area contributed by atoms with Gasteiger partial charge in [0, 0.05) is 0 Å². The van der Waals surface area contributed by atoms with Crippen molar-refractivity contribution < 1.29 is 9.53 Å². The minimum atomic E-state index is -0.483.